The minimum atomic E-state index is -0.632. The number of nitrogens with one attached hydrogen (secondary N) is 1. The second kappa shape index (κ2) is 6.67. The number of carbonyl (C=O) groups excluding carboxylic acids is 2. The van der Waals surface area contributed by atoms with E-state index in [1.807, 2.05) is 12.1 Å². The van der Waals surface area contributed by atoms with Gasteiger partial charge in [0.25, 0.3) is 0 Å². The average molecular weight is 342 g/mol. The highest BCUT2D eigenvalue weighted by molar-refractivity contribution is 7.13. The molecule has 0 unspecified atom stereocenters. The molecule has 1 amide bonds. The molecule has 0 saturated carbocycles. The predicted molar refractivity (Wildman–Crippen MR) is 91.2 cm³/mol. The van der Waals surface area contributed by atoms with E-state index in [1.165, 1.54) is 24.3 Å². The highest BCUT2D eigenvalue weighted by atomic mass is 32.1. The van der Waals surface area contributed by atoms with Gasteiger partial charge in [-0.25, -0.2) is 9.78 Å². The van der Waals surface area contributed by atoms with Crippen LogP contribution in [-0.2, 0) is 16.1 Å². The molecule has 0 spiro atoms. The van der Waals surface area contributed by atoms with Gasteiger partial charge in [0, 0.05) is 17.7 Å². The fourth-order valence-corrected chi connectivity index (χ4v) is 2.96. The number of thiazole rings is 1. The summed E-state index contributed by atoms with van der Waals surface area (Å²) >= 11 is 1.25. The van der Waals surface area contributed by atoms with Crippen LogP contribution < -0.4 is 5.32 Å². The highest BCUT2D eigenvalue weighted by Crippen LogP contribution is 2.29. The van der Waals surface area contributed by atoms with Gasteiger partial charge < -0.3 is 15.2 Å². The quantitative estimate of drug-likeness (QED) is 0.710. The molecule has 24 heavy (non-hydrogen) atoms. The zero-order valence-corrected chi connectivity index (χ0v) is 13.6. The van der Waals surface area contributed by atoms with E-state index >= 15 is 0 Å². The SMILES string of the molecule is CC(=O)Nc1nc(COC(=O)c2ccc3ccccc3c2O)cs1. The van der Waals surface area contributed by atoms with Gasteiger partial charge in [-0.3, -0.25) is 4.79 Å². The Morgan fingerprint density at radius 2 is 2.04 bits per heavy atom. The van der Waals surface area contributed by atoms with Crippen LogP contribution in [-0.4, -0.2) is 22.0 Å². The third-order valence-electron chi connectivity index (χ3n) is 3.31. The molecule has 0 bridgehead atoms. The van der Waals surface area contributed by atoms with Crippen molar-refractivity contribution in [3.8, 4) is 5.75 Å². The molecule has 0 fully saturated rings. The summed E-state index contributed by atoms with van der Waals surface area (Å²) in [4.78, 5) is 27.3. The van der Waals surface area contributed by atoms with Crippen molar-refractivity contribution in [1.82, 2.24) is 4.98 Å². The number of amides is 1. The van der Waals surface area contributed by atoms with Crippen molar-refractivity contribution >= 4 is 39.1 Å². The normalized spacial score (nSPS) is 10.5. The van der Waals surface area contributed by atoms with Crippen LogP contribution in [0.15, 0.2) is 41.8 Å². The van der Waals surface area contributed by atoms with Crippen molar-refractivity contribution in [3.05, 3.63) is 53.0 Å². The van der Waals surface area contributed by atoms with Crippen LogP contribution in [0.25, 0.3) is 10.8 Å². The summed E-state index contributed by atoms with van der Waals surface area (Å²) in [6.45, 7) is 1.35. The summed E-state index contributed by atoms with van der Waals surface area (Å²) in [5, 5.41) is 16.4. The zero-order valence-electron chi connectivity index (χ0n) is 12.8. The van der Waals surface area contributed by atoms with Crippen LogP contribution in [0, 0.1) is 0 Å². The molecule has 0 aliphatic rings. The molecule has 0 saturated heterocycles. The first-order chi connectivity index (χ1) is 11.5. The molecule has 0 aliphatic heterocycles. The summed E-state index contributed by atoms with van der Waals surface area (Å²) in [6, 6.07) is 10.5. The smallest absolute Gasteiger partial charge is 0.342 e. The summed E-state index contributed by atoms with van der Waals surface area (Å²) in [7, 11) is 0. The van der Waals surface area contributed by atoms with Crippen molar-refractivity contribution in [2.75, 3.05) is 5.32 Å². The monoisotopic (exact) mass is 342 g/mol. The van der Waals surface area contributed by atoms with Crippen molar-refractivity contribution in [1.29, 1.82) is 0 Å². The number of rotatable bonds is 4. The molecule has 1 heterocycles. The molecule has 2 aromatic carbocycles. The predicted octanol–water partition coefficient (Wildman–Crippen LogP) is 3.32. The summed E-state index contributed by atoms with van der Waals surface area (Å²) in [5.41, 5.74) is 0.628. The Kier molecular flexibility index (Phi) is 4.43. The average Bonchev–Trinajstić information content (AvgIpc) is 3.00. The van der Waals surface area contributed by atoms with E-state index in [2.05, 4.69) is 10.3 Å². The fourth-order valence-electron chi connectivity index (χ4n) is 2.22. The topological polar surface area (TPSA) is 88.5 Å². The maximum absolute atomic E-state index is 12.2. The number of fused-ring (bicyclic) bond motifs is 1. The molecule has 6 nitrogen and oxygen atoms in total. The lowest BCUT2D eigenvalue weighted by molar-refractivity contribution is -0.114. The van der Waals surface area contributed by atoms with Crippen LogP contribution >= 0.6 is 11.3 Å². The molecule has 3 rings (SSSR count). The number of benzene rings is 2. The van der Waals surface area contributed by atoms with E-state index in [1.54, 1.807) is 23.6 Å². The lowest BCUT2D eigenvalue weighted by Gasteiger charge is -2.07. The van der Waals surface area contributed by atoms with Gasteiger partial charge in [0.1, 0.15) is 17.9 Å². The number of hydrogen-bond donors (Lipinski definition) is 2. The number of phenols is 1. The second-order valence-electron chi connectivity index (χ2n) is 5.08. The van der Waals surface area contributed by atoms with E-state index in [-0.39, 0.29) is 23.8 Å². The zero-order chi connectivity index (χ0) is 17.1. The molecular weight excluding hydrogens is 328 g/mol. The molecule has 3 aromatic rings. The van der Waals surface area contributed by atoms with Crippen molar-refractivity contribution in [2.24, 2.45) is 0 Å². The highest BCUT2D eigenvalue weighted by Gasteiger charge is 2.16. The number of phenolic OH excluding ortho intramolecular Hbond substituents is 1. The lowest BCUT2D eigenvalue weighted by atomic mass is 10.1. The van der Waals surface area contributed by atoms with E-state index in [4.69, 9.17) is 4.74 Å². The molecule has 0 radical (unpaired) electrons. The summed E-state index contributed by atoms with van der Waals surface area (Å²) < 4.78 is 5.19. The van der Waals surface area contributed by atoms with E-state index < -0.39 is 5.97 Å². The van der Waals surface area contributed by atoms with E-state index in [0.29, 0.717) is 16.2 Å². The molecule has 0 atom stereocenters. The number of hydrogen-bond acceptors (Lipinski definition) is 6. The first-order valence-corrected chi connectivity index (χ1v) is 8.02. The molecule has 7 heteroatoms. The molecule has 1 aromatic heterocycles. The minimum absolute atomic E-state index is 0.0405. The van der Waals surface area contributed by atoms with Gasteiger partial charge >= 0.3 is 5.97 Å². The van der Waals surface area contributed by atoms with Gasteiger partial charge in [-0.05, 0) is 11.5 Å². The minimum Gasteiger partial charge on any atom is -0.506 e. The number of esters is 1. The molecule has 122 valence electrons. The Balaban J connectivity index is 1.72. The van der Waals surface area contributed by atoms with Gasteiger partial charge in [0.15, 0.2) is 5.13 Å². The Morgan fingerprint density at radius 1 is 1.25 bits per heavy atom. The lowest BCUT2D eigenvalue weighted by Crippen LogP contribution is -2.07. The van der Waals surface area contributed by atoms with Gasteiger partial charge in [0.05, 0.1) is 5.69 Å². The number of carbonyl (C=O) groups is 2. The number of aromatic hydroxyl groups is 1. The summed E-state index contributed by atoms with van der Waals surface area (Å²) in [6.07, 6.45) is 0. The Labute approximate surface area is 141 Å². The third kappa shape index (κ3) is 3.36. The van der Waals surface area contributed by atoms with Gasteiger partial charge in [-0.2, -0.15) is 0 Å². The van der Waals surface area contributed by atoms with Crippen LogP contribution in [0.2, 0.25) is 0 Å². The van der Waals surface area contributed by atoms with Crippen molar-refractivity contribution in [3.63, 3.8) is 0 Å². The van der Waals surface area contributed by atoms with E-state index in [0.717, 1.165) is 5.39 Å². The van der Waals surface area contributed by atoms with E-state index in [9.17, 15) is 14.7 Å². The number of anilines is 1. The first-order valence-electron chi connectivity index (χ1n) is 7.14. The molecule has 2 N–H and O–H groups in total. The van der Waals surface area contributed by atoms with Crippen LogP contribution in [0.5, 0.6) is 5.75 Å². The largest absolute Gasteiger partial charge is 0.506 e. The van der Waals surface area contributed by atoms with Gasteiger partial charge in [0.2, 0.25) is 5.91 Å². The van der Waals surface area contributed by atoms with Crippen molar-refractivity contribution < 1.29 is 19.4 Å². The first kappa shape index (κ1) is 15.9. The van der Waals surface area contributed by atoms with Crippen LogP contribution in [0.4, 0.5) is 5.13 Å². The molecule has 0 aliphatic carbocycles. The van der Waals surface area contributed by atoms with Crippen molar-refractivity contribution in [2.45, 2.75) is 13.5 Å². The third-order valence-corrected chi connectivity index (χ3v) is 4.11. The maximum atomic E-state index is 12.2. The van der Waals surface area contributed by atoms with Gasteiger partial charge in [-0.15, -0.1) is 11.3 Å². The number of nitrogens with zero attached hydrogens (tertiary/aromatic N) is 1. The van der Waals surface area contributed by atoms with Crippen LogP contribution in [0.1, 0.15) is 23.0 Å². The van der Waals surface area contributed by atoms with Crippen LogP contribution in [0.3, 0.4) is 0 Å². The fraction of sp³-hybridized carbons (Fsp3) is 0.118. The Hall–Kier alpha value is -2.93. The number of aromatic nitrogens is 1. The summed E-state index contributed by atoms with van der Waals surface area (Å²) in [5.74, 6) is -0.948. The maximum Gasteiger partial charge on any atom is 0.342 e. The van der Waals surface area contributed by atoms with Gasteiger partial charge in [-0.1, -0.05) is 30.3 Å². The Bertz CT molecular complexity index is 920. The second-order valence-corrected chi connectivity index (χ2v) is 5.94. The number of ether oxygens (including phenoxy) is 1. The molecular formula is C17H14N2O4S. The Morgan fingerprint density at radius 3 is 2.83 bits per heavy atom. The standard InChI is InChI=1S/C17H14N2O4S/c1-10(20)18-17-19-12(9-24-17)8-23-16(22)14-7-6-11-4-2-3-5-13(11)15(14)21/h2-7,9,21H,8H2,1H3,(H,18,19,20).